The molecule has 0 saturated heterocycles. The largest absolute Gasteiger partial charge is 0.573 e. The van der Waals surface area contributed by atoms with Crippen LogP contribution in [0.15, 0.2) is 18.2 Å². The SMILES string of the molecule is CC(C)NC[C@@H](C(=O)C(C)C)c1ccc(F)c(OC(F)(F)F)c1. The molecule has 0 fully saturated rings. The van der Waals surface area contributed by atoms with Gasteiger partial charge >= 0.3 is 6.36 Å². The number of benzene rings is 1. The Balaban J connectivity index is 3.14. The van der Waals surface area contributed by atoms with Crippen molar-refractivity contribution < 1.29 is 27.1 Å². The lowest BCUT2D eigenvalue weighted by molar-refractivity contribution is -0.275. The molecule has 3 nitrogen and oxygen atoms in total. The molecule has 0 heterocycles. The van der Waals surface area contributed by atoms with Gasteiger partial charge < -0.3 is 10.1 Å². The molecule has 0 aliphatic heterocycles. The van der Waals surface area contributed by atoms with E-state index < -0.39 is 23.8 Å². The number of ether oxygens (including phenoxy) is 1. The fraction of sp³-hybridized carbons (Fsp3) is 0.562. The van der Waals surface area contributed by atoms with E-state index in [1.807, 2.05) is 13.8 Å². The Morgan fingerprint density at radius 1 is 1.22 bits per heavy atom. The summed E-state index contributed by atoms with van der Waals surface area (Å²) < 4.78 is 54.2. The number of hydrogen-bond donors (Lipinski definition) is 1. The fourth-order valence-corrected chi connectivity index (χ4v) is 2.08. The Hall–Kier alpha value is -1.63. The number of halogens is 4. The normalized spacial score (nSPS) is 13.5. The maximum atomic E-state index is 13.5. The van der Waals surface area contributed by atoms with Crippen molar-refractivity contribution in [3.8, 4) is 5.75 Å². The fourth-order valence-electron chi connectivity index (χ4n) is 2.08. The van der Waals surface area contributed by atoms with Crippen molar-refractivity contribution in [3.63, 3.8) is 0 Å². The number of rotatable bonds is 7. The molecule has 0 aliphatic rings. The lowest BCUT2D eigenvalue weighted by Gasteiger charge is -2.21. The average Bonchev–Trinajstić information content (AvgIpc) is 2.40. The number of carbonyl (C=O) groups is 1. The maximum absolute atomic E-state index is 13.5. The minimum absolute atomic E-state index is 0.101. The van der Waals surface area contributed by atoms with Gasteiger partial charge in [-0.3, -0.25) is 4.79 Å². The van der Waals surface area contributed by atoms with Crippen LogP contribution in [0.1, 0.15) is 39.2 Å². The predicted molar refractivity (Wildman–Crippen MR) is 78.8 cm³/mol. The summed E-state index contributed by atoms with van der Waals surface area (Å²) in [6, 6.07) is 3.23. The van der Waals surface area contributed by atoms with Crippen LogP contribution in [0, 0.1) is 11.7 Å². The lowest BCUT2D eigenvalue weighted by Crippen LogP contribution is -2.33. The standard InChI is InChI=1S/C16H21F4NO2/c1-9(2)15(22)12(8-21-10(3)4)11-5-6-13(17)14(7-11)23-16(18,19)20/h5-7,9-10,12,21H,8H2,1-4H3/t12-/m1/s1. The van der Waals surface area contributed by atoms with Crippen molar-refractivity contribution in [2.24, 2.45) is 5.92 Å². The van der Waals surface area contributed by atoms with Crippen molar-refractivity contribution in [3.05, 3.63) is 29.6 Å². The first-order valence-electron chi connectivity index (χ1n) is 7.33. The first-order valence-corrected chi connectivity index (χ1v) is 7.33. The number of ketones is 1. The van der Waals surface area contributed by atoms with Crippen LogP contribution in [0.3, 0.4) is 0 Å². The van der Waals surface area contributed by atoms with Crippen molar-refractivity contribution >= 4 is 5.78 Å². The van der Waals surface area contributed by atoms with E-state index in [0.717, 1.165) is 12.1 Å². The molecule has 0 spiro atoms. The molecule has 1 aromatic rings. The third kappa shape index (κ3) is 6.17. The van der Waals surface area contributed by atoms with Crippen molar-refractivity contribution in [1.82, 2.24) is 5.32 Å². The molecule has 0 radical (unpaired) electrons. The maximum Gasteiger partial charge on any atom is 0.573 e. The predicted octanol–water partition coefficient (Wildman–Crippen LogP) is 4.03. The van der Waals surface area contributed by atoms with Crippen LogP contribution in [0.2, 0.25) is 0 Å². The van der Waals surface area contributed by atoms with Crippen molar-refractivity contribution in [2.75, 3.05) is 6.54 Å². The van der Waals surface area contributed by atoms with Gasteiger partial charge in [0.2, 0.25) is 0 Å². The summed E-state index contributed by atoms with van der Waals surface area (Å²) in [5.41, 5.74) is 0.289. The Morgan fingerprint density at radius 3 is 2.30 bits per heavy atom. The minimum Gasteiger partial charge on any atom is -0.403 e. The molecule has 130 valence electrons. The Kier molecular flexibility index (Phi) is 6.56. The molecule has 23 heavy (non-hydrogen) atoms. The van der Waals surface area contributed by atoms with Gasteiger partial charge in [0.1, 0.15) is 5.78 Å². The number of Topliss-reactive ketones (excluding diaryl/α,β-unsaturated/α-hetero) is 1. The highest BCUT2D eigenvalue weighted by molar-refractivity contribution is 5.87. The first kappa shape index (κ1) is 19.4. The van der Waals surface area contributed by atoms with Gasteiger partial charge in [0.15, 0.2) is 11.6 Å². The van der Waals surface area contributed by atoms with E-state index in [1.165, 1.54) is 6.07 Å². The molecule has 0 aliphatic carbocycles. The monoisotopic (exact) mass is 335 g/mol. The zero-order valence-corrected chi connectivity index (χ0v) is 13.5. The van der Waals surface area contributed by atoms with E-state index in [1.54, 1.807) is 13.8 Å². The molecule has 0 aromatic heterocycles. The quantitative estimate of drug-likeness (QED) is 0.765. The minimum atomic E-state index is -4.99. The van der Waals surface area contributed by atoms with Crippen LogP contribution in [0.5, 0.6) is 5.75 Å². The summed E-state index contributed by atoms with van der Waals surface area (Å²) in [5.74, 6) is -3.16. The summed E-state index contributed by atoms with van der Waals surface area (Å²) >= 11 is 0. The molecule has 1 rings (SSSR count). The molecule has 0 unspecified atom stereocenters. The second-order valence-corrected chi connectivity index (χ2v) is 5.91. The van der Waals surface area contributed by atoms with Crippen LogP contribution in [-0.2, 0) is 4.79 Å². The van der Waals surface area contributed by atoms with Crippen LogP contribution < -0.4 is 10.1 Å². The topological polar surface area (TPSA) is 38.3 Å². The molecular weight excluding hydrogens is 314 g/mol. The number of hydrogen-bond acceptors (Lipinski definition) is 3. The highest BCUT2D eigenvalue weighted by Gasteiger charge is 2.33. The number of alkyl halides is 3. The van der Waals surface area contributed by atoms with E-state index in [9.17, 15) is 22.4 Å². The van der Waals surface area contributed by atoms with Crippen LogP contribution in [0.4, 0.5) is 17.6 Å². The van der Waals surface area contributed by atoms with Gasteiger partial charge in [-0.2, -0.15) is 0 Å². The van der Waals surface area contributed by atoms with E-state index >= 15 is 0 Å². The van der Waals surface area contributed by atoms with E-state index in [0.29, 0.717) is 0 Å². The van der Waals surface area contributed by atoms with Gasteiger partial charge in [0.25, 0.3) is 0 Å². The zero-order chi connectivity index (χ0) is 17.8. The first-order chi connectivity index (χ1) is 10.5. The summed E-state index contributed by atoms with van der Waals surface area (Å²) in [5, 5.41) is 3.08. The zero-order valence-electron chi connectivity index (χ0n) is 13.5. The van der Waals surface area contributed by atoms with E-state index in [2.05, 4.69) is 10.1 Å². The van der Waals surface area contributed by atoms with Crippen molar-refractivity contribution in [2.45, 2.75) is 46.0 Å². The molecule has 0 amide bonds. The summed E-state index contributed by atoms with van der Waals surface area (Å²) in [7, 11) is 0. The van der Waals surface area contributed by atoms with Crippen LogP contribution in [-0.4, -0.2) is 24.7 Å². The highest BCUT2D eigenvalue weighted by atomic mass is 19.4. The van der Waals surface area contributed by atoms with Gasteiger partial charge in [-0.05, 0) is 17.7 Å². The van der Waals surface area contributed by atoms with Gasteiger partial charge in [0, 0.05) is 18.5 Å². The molecule has 7 heteroatoms. The second kappa shape index (κ2) is 7.77. The molecule has 0 bridgehead atoms. The third-order valence-corrected chi connectivity index (χ3v) is 3.23. The lowest BCUT2D eigenvalue weighted by atomic mass is 9.88. The summed E-state index contributed by atoms with van der Waals surface area (Å²) in [6.07, 6.45) is -4.99. The molecule has 1 atom stereocenters. The molecule has 0 saturated carbocycles. The van der Waals surface area contributed by atoms with Gasteiger partial charge in [-0.1, -0.05) is 33.8 Å². The smallest absolute Gasteiger partial charge is 0.403 e. The van der Waals surface area contributed by atoms with Gasteiger partial charge in [-0.25, -0.2) is 4.39 Å². The summed E-state index contributed by atoms with van der Waals surface area (Å²) in [6.45, 7) is 7.45. The number of carbonyl (C=O) groups excluding carboxylic acids is 1. The second-order valence-electron chi connectivity index (χ2n) is 5.91. The third-order valence-electron chi connectivity index (χ3n) is 3.23. The van der Waals surface area contributed by atoms with Crippen LogP contribution >= 0.6 is 0 Å². The van der Waals surface area contributed by atoms with Crippen LogP contribution in [0.25, 0.3) is 0 Å². The van der Waals surface area contributed by atoms with E-state index in [4.69, 9.17) is 0 Å². The molecule has 1 aromatic carbocycles. The Labute approximate surface area is 133 Å². The summed E-state index contributed by atoms with van der Waals surface area (Å²) in [4.78, 5) is 12.3. The average molecular weight is 335 g/mol. The molecular formula is C16H21F4NO2. The van der Waals surface area contributed by atoms with Crippen molar-refractivity contribution in [1.29, 1.82) is 0 Å². The molecule has 1 N–H and O–H groups in total. The van der Waals surface area contributed by atoms with E-state index in [-0.39, 0.29) is 29.9 Å². The Bertz CT molecular complexity index is 541. The van der Waals surface area contributed by atoms with Gasteiger partial charge in [-0.15, -0.1) is 13.2 Å². The highest BCUT2D eigenvalue weighted by Crippen LogP contribution is 2.30. The Morgan fingerprint density at radius 2 is 1.83 bits per heavy atom. The number of nitrogens with one attached hydrogen (secondary N) is 1. The van der Waals surface area contributed by atoms with Gasteiger partial charge in [0.05, 0.1) is 5.92 Å².